The molecule has 3 heteroatoms. The Balaban J connectivity index is 2.14. The minimum Gasteiger partial charge on any atom is -0.380 e. The molecular formula is C16H18N2O. The lowest BCUT2D eigenvalue weighted by Gasteiger charge is -2.15. The molecule has 19 heavy (non-hydrogen) atoms. The van der Waals surface area contributed by atoms with Crippen molar-refractivity contribution >= 4 is 11.6 Å². The van der Waals surface area contributed by atoms with Crippen molar-refractivity contribution in [2.24, 2.45) is 0 Å². The van der Waals surface area contributed by atoms with Crippen LogP contribution in [0.1, 0.15) is 15.9 Å². The molecule has 2 aromatic rings. The Bertz CT molecular complexity index is 550. The van der Waals surface area contributed by atoms with E-state index in [-0.39, 0.29) is 5.91 Å². The summed E-state index contributed by atoms with van der Waals surface area (Å²) in [7, 11) is 3.52. The lowest BCUT2D eigenvalue weighted by molar-refractivity contribution is 0.0828. The number of carbonyl (C=O) groups excluding carboxylic acids is 1. The van der Waals surface area contributed by atoms with Crippen molar-refractivity contribution in [2.45, 2.75) is 6.54 Å². The zero-order chi connectivity index (χ0) is 13.7. The fourth-order valence-corrected chi connectivity index (χ4v) is 1.86. The summed E-state index contributed by atoms with van der Waals surface area (Å²) in [6.07, 6.45) is 0. The van der Waals surface area contributed by atoms with Crippen molar-refractivity contribution in [3.05, 3.63) is 65.7 Å². The van der Waals surface area contributed by atoms with Crippen molar-refractivity contribution in [3.8, 4) is 0 Å². The SMILES string of the molecule is CN(C)C(=O)c1ccccc1NCc1ccccc1. The van der Waals surface area contributed by atoms with Crippen LogP contribution < -0.4 is 5.32 Å². The van der Waals surface area contributed by atoms with Crippen LogP contribution in [0.3, 0.4) is 0 Å². The molecule has 0 saturated heterocycles. The smallest absolute Gasteiger partial charge is 0.255 e. The molecule has 0 radical (unpaired) electrons. The number of rotatable bonds is 4. The predicted molar refractivity (Wildman–Crippen MR) is 78.2 cm³/mol. The van der Waals surface area contributed by atoms with Gasteiger partial charge in [-0.3, -0.25) is 4.79 Å². The second kappa shape index (κ2) is 6.05. The van der Waals surface area contributed by atoms with Gasteiger partial charge in [-0.05, 0) is 17.7 Å². The third-order valence-corrected chi connectivity index (χ3v) is 2.89. The highest BCUT2D eigenvalue weighted by Gasteiger charge is 2.12. The zero-order valence-corrected chi connectivity index (χ0v) is 11.3. The fourth-order valence-electron chi connectivity index (χ4n) is 1.86. The molecule has 0 aliphatic heterocycles. The monoisotopic (exact) mass is 254 g/mol. The van der Waals surface area contributed by atoms with Gasteiger partial charge in [0.1, 0.15) is 0 Å². The average molecular weight is 254 g/mol. The topological polar surface area (TPSA) is 32.3 Å². The van der Waals surface area contributed by atoms with Crippen LogP contribution in [-0.2, 0) is 6.54 Å². The fraction of sp³-hybridized carbons (Fsp3) is 0.188. The van der Waals surface area contributed by atoms with Crippen LogP contribution in [-0.4, -0.2) is 24.9 Å². The summed E-state index contributed by atoms with van der Waals surface area (Å²) < 4.78 is 0. The molecule has 0 aromatic heterocycles. The van der Waals surface area contributed by atoms with Gasteiger partial charge in [-0.2, -0.15) is 0 Å². The highest BCUT2D eigenvalue weighted by atomic mass is 16.2. The van der Waals surface area contributed by atoms with Gasteiger partial charge in [-0.15, -0.1) is 0 Å². The Morgan fingerprint density at radius 2 is 1.63 bits per heavy atom. The van der Waals surface area contributed by atoms with Crippen LogP contribution in [0.25, 0.3) is 0 Å². The third kappa shape index (κ3) is 3.35. The number of hydrogen-bond donors (Lipinski definition) is 1. The van der Waals surface area contributed by atoms with Crippen LogP contribution >= 0.6 is 0 Å². The van der Waals surface area contributed by atoms with E-state index in [0.29, 0.717) is 12.1 Å². The summed E-state index contributed by atoms with van der Waals surface area (Å²) >= 11 is 0. The highest BCUT2D eigenvalue weighted by molar-refractivity contribution is 5.99. The van der Waals surface area contributed by atoms with E-state index < -0.39 is 0 Å². The Morgan fingerprint density at radius 3 is 2.32 bits per heavy atom. The number of amides is 1. The van der Waals surface area contributed by atoms with Gasteiger partial charge in [0, 0.05) is 26.3 Å². The van der Waals surface area contributed by atoms with Crippen LogP contribution in [0, 0.1) is 0 Å². The van der Waals surface area contributed by atoms with Crippen molar-refractivity contribution in [1.29, 1.82) is 0 Å². The molecule has 0 unspecified atom stereocenters. The first-order valence-electron chi connectivity index (χ1n) is 6.27. The molecule has 0 saturated carbocycles. The van der Waals surface area contributed by atoms with E-state index >= 15 is 0 Å². The van der Waals surface area contributed by atoms with Crippen molar-refractivity contribution in [3.63, 3.8) is 0 Å². The molecule has 0 heterocycles. The van der Waals surface area contributed by atoms with Gasteiger partial charge >= 0.3 is 0 Å². The molecule has 1 amide bonds. The highest BCUT2D eigenvalue weighted by Crippen LogP contribution is 2.17. The van der Waals surface area contributed by atoms with Gasteiger partial charge in [0.2, 0.25) is 0 Å². The maximum Gasteiger partial charge on any atom is 0.255 e. The van der Waals surface area contributed by atoms with E-state index in [1.807, 2.05) is 42.5 Å². The number of benzene rings is 2. The minimum atomic E-state index is 0.0103. The van der Waals surface area contributed by atoms with E-state index in [1.165, 1.54) is 5.56 Å². The first-order valence-corrected chi connectivity index (χ1v) is 6.27. The summed E-state index contributed by atoms with van der Waals surface area (Å²) in [5.74, 6) is 0.0103. The quantitative estimate of drug-likeness (QED) is 0.909. The Kier molecular flexibility index (Phi) is 4.18. The first kappa shape index (κ1) is 13.1. The second-order valence-corrected chi connectivity index (χ2v) is 4.58. The van der Waals surface area contributed by atoms with E-state index in [4.69, 9.17) is 0 Å². The number of hydrogen-bond acceptors (Lipinski definition) is 2. The largest absolute Gasteiger partial charge is 0.380 e. The van der Waals surface area contributed by atoms with Gasteiger partial charge in [-0.25, -0.2) is 0 Å². The van der Waals surface area contributed by atoms with Crippen molar-refractivity contribution < 1.29 is 4.79 Å². The van der Waals surface area contributed by atoms with Gasteiger partial charge in [0.05, 0.1) is 5.56 Å². The van der Waals surface area contributed by atoms with Crippen LogP contribution in [0.2, 0.25) is 0 Å². The van der Waals surface area contributed by atoms with Crippen LogP contribution in [0.4, 0.5) is 5.69 Å². The number of para-hydroxylation sites is 1. The Morgan fingerprint density at radius 1 is 1.00 bits per heavy atom. The average Bonchev–Trinajstić information content (AvgIpc) is 2.45. The maximum absolute atomic E-state index is 12.1. The number of anilines is 1. The molecule has 3 nitrogen and oxygen atoms in total. The number of carbonyl (C=O) groups is 1. The Hall–Kier alpha value is -2.29. The zero-order valence-electron chi connectivity index (χ0n) is 11.3. The molecule has 0 spiro atoms. The van der Waals surface area contributed by atoms with E-state index in [0.717, 1.165) is 5.69 Å². The molecule has 0 aliphatic rings. The normalized spacial score (nSPS) is 10.0. The van der Waals surface area contributed by atoms with Crippen molar-refractivity contribution in [1.82, 2.24) is 4.90 Å². The molecule has 2 rings (SSSR count). The molecule has 98 valence electrons. The van der Waals surface area contributed by atoms with Gasteiger partial charge in [-0.1, -0.05) is 42.5 Å². The lowest BCUT2D eigenvalue weighted by Crippen LogP contribution is -2.22. The van der Waals surface area contributed by atoms with Crippen LogP contribution in [0.15, 0.2) is 54.6 Å². The molecule has 0 bridgehead atoms. The van der Waals surface area contributed by atoms with Gasteiger partial charge in [0.15, 0.2) is 0 Å². The molecular weight excluding hydrogens is 236 g/mol. The minimum absolute atomic E-state index is 0.0103. The molecule has 0 atom stereocenters. The number of nitrogens with zero attached hydrogens (tertiary/aromatic N) is 1. The molecule has 1 N–H and O–H groups in total. The van der Waals surface area contributed by atoms with E-state index in [9.17, 15) is 4.79 Å². The standard InChI is InChI=1S/C16H18N2O/c1-18(2)16(19)14-10-6-7-11-15(14)17-12-13-8-4-3-5-9-13/h3-11,17H,12H2,1-2H3. The van der Waals surface area contributed by atoms with Gasteiger partial charge < -0.3 is 10.2 Å². The molecule has 0 aliphatic carbocycles. The first-order chi connectivity index (χ1) is 9.18. The summed E-state index contributed by atoms with van der Waals surface area (Å²) in [6.45, 7) is 0.707. The summed E-state index contributed by atoms with van der Waals surface area (Å²) in [4.78, 5) is 13.6. The van der Waals surface area contributed by atoms with Crippen molar-refractivity contribution in [2.75, 3.05) is 19.4 Å². The predicted octanol–water partition coefficient (Wildman–Crippen LogP) is 3.00. The van der Waals surface area contributed by atoms with E-state index in [1.54, 1.807) is 19.0 Å². The number of nitrogens with one attached hydrogen (secondary N) is 1. The van der Waals surface area contributed by atoms with Gasteiger partial charge in [0.25, 0.3) is 5.91 Å². The summed E-state index contributed by atoms with van der Waals surface area (Å²) in [6, 6.07) is 17.7. The van der Waals surface area contributed by atoms with E-state index in [2.05, 4.69) is 17.4 Å². The second-order valence-electron chi connectivity index (χ2n) is 4.58. The molecule has 2 aromatic carbocycles. The van der Waals surface area contributed by atoms with Crippen LogP contribution in [0.5, 0.6) is 0 Å². The Labute approximate surface area is 113 Å². The third-order valence-electron chi connectivity index (χ3n) is 2.89. The summed E-state index contributed by atoms with van der Waals surface area (Å²) in [5.41, 5.74) is 2.75. The molecule has 0 fully saturated rings. The maximum atomic E-state index is 12.1. The summed E-state index contributed by atoms with van der Waals surface area (Å²) in [5, 5.41) is 3.32. The lowest BCUT2D eigenvalue weighted by atomic mass is 10.1.